The van der Waals surface area contributed by atoms with Crippen LogP contribution in [0.15, 0.2) is 36.5 Å². The van der Waals surface area contributed by atoms with E-state index in [0.29, 0.717) is 19.3 Å². The minimum atomic E-state index is -1.19. The van der Waals surface area contributed by atoms with Crippen LogP contribution in [0.5, 0.6) is 0 Å². The van der Waals surface area contributed by atoms with Crippen molar-refractivity contribution < 1.29 is 33.7 Å². The first kappa shape index (κ1) is 51.6. The van der Waals surface area contributed by atoms with Crippen LogP contribution in [0, 0.1) is 5.41 Å². The number of aliphatic hydroxyl groups is 1. The van der Waals surface area contributed by atoms with E-state index >= 15 is 0 Å². The summed E-state index contributed by atoms with van der Waals surface area (Å²) in [6.45, 7) is 5.67. The van der Waals surface area contributed by atoms with Crippen molar-refractivity contribution in [3.05, 3.63) is 36.5 Å². The van der Waals surface area contributed by atoms with Crippen molar-refractivity contribution in [3.8, 4) is 0 Å². The van der Waals surface area contributed by atoms with Gasteiger partial charge in [-0.05, 0) is 77.0 Å². The number of rotatable bonds is 40. The molecule has 0 aromatic heterocycles. The van der Waals surface area contributed by atoms with Gasteiger partial charge in [0.2, 0.25) is 0 Å². The quantitative estimate of drug-likeness (QED) is 0.0287. The van der Waals surface area contributed by atoms with Gasteiger partial charge in [0.15, 0.2) is 0 Å². The summed E-state index contributed by atoms with van der Waals surface area (Å²) < 4.78 is 16.8. The molecule has 0 aliphatic carbocycles. The van der Waals surface area contributed by atoms with Crippen LogP contribution in [0.4, 0.5) is 0 Å². The molecule has 0 aliphatic rings. The smallest absolute Gasteiger partial charge is 0.305 e. The lowest BCUT2D eigenvalue weighted by atomic mass is 9.92. The topological polar surface area (TPSA) is 99.1 Å². The van der Waals surface area contributed by atoms with Gasteiger partial charge in [-0.25, -0.2) is 0 Å². The van der Waals surface area contributed by atoms with E-state index in [1.807, 2.05) is 0 Å². The number of carbonyl (C=O) groups excluding carboxylic acids is 3. The van der Waals surface area contributed by atoms with Crippen LogP contribution in [0.25, 0.3) is 0 Å². The number of hydrogen-bond donors (Lipinski definition) is 1. The fourth-order valence-corrected chi connectivity index (χ4v) is 6.04. The largest absolute Gasteiger partial charge is 0.465 e. The van der Waals surface area contributed by atoms with Gasteiger partial charge in [0.1, 0.15) is 19.8 Å². The van der Waals surface area contributed by atoms with Crippen molar-refractivity contribution in [1.29, 1.82) is 0 Å². The van der Waals surface area contributed by atoms with Crippen molar-refractivity contribution in [2.75, 3.05) is 26.4 Å². The van der Waals surface area contributed by atoms with Gasteiger partial charge in [-0.3, -0.25) is 14.4 Å². The summed E-state index contributed by atoms with van der Waals surface area (Å²) in [6, 6.07) is 0. The Kier molecular flexibility index (Phi) is 38.5. The number of unbranched alkanes of at least 4 members (excludes halogenated alkanes) is 21. The van der Waals surface area contributed by atoms with Gasteiger partial charge in [-0.1, -0.05) is 154 Å². The molecule has 54 heavy (non-hydrogen) atoms. The average Bonchev–Trinajstić information content (AvgIpc) is 3.18. The average molecular weight is 761 g/mol. The second kappa shape index (κ2) is 40.3. The van der Waals surface area contributed by atoms with E-state index in [-0.39, 0.29) is 37.7 Å². The highest BCUT2D eigenvalue weighted by atomic mass is 16.6. The monoisotopic (exact) mass is 761 g/mol. The first-order valence-electron chi connectivity index (χ1n) is 22.5. The van der Waals surface area contributed by atoms with Crippen molar-refractivity contribution in [2.24, 2.45) is 5.41 Å². The van der Waals surface area contributed by atoms with E-state index in [4.69, 9.17) is 14.2 Å². The summed E-state index contributed by atoms with van der Waals surface area (Å²) in [4.78, 5) is 38.0. The highest BCUT2D eigenvalue weighted by Gasteiger charge is 2.35. The normalized spacial score (nSPS) is 12.0. The molecule has 7 heteroatoms. The Labute approximate surface area is 332 Å². The highest BCUT2D eigenvalue weighted by molar-refractivity contribution is 5.70. The van der Waals surface area contributed by atoms with Crippen LogP contribution in [0.3, 0.4) is 0 Å². The molecule has 0 amide bonds. The fourth-order valence-electron chi connectivity index (χ4n) is 6.04. The van der Waals surface area contributed by atoms with Crippen molar-refractivity contribution in [2.45, 2.75) is 213 Å². The molecule has 0 aliphatic heterocycles. The van der Waals surface area contributed by atoms with Gasteiger partial charge in [0.25, 0.3) is 0 Å². The summed E-state index contributed by atoms with van der Waals surface area (Å²) in [7, 11) is 0. The van der Waals surface area contributed by atoms with Gasteiger partial charge in [-0.2, -0.15) is 0 Å². The third-order valence-corrected chi connectivity index (χ3v) is 9.88. The number of ether oxygens (including phenoxy) is 3. The zero-order valence-corrected chi connectivity index (χ0v) is 35.4. The molecular weight excluding hydrogens is 677 g/mol. The standard InChI is InChI=1S/C47H84O7/c1-4-7-10-13-16-19-22-25-28-31-34-37-44(49)52-41-47(40-48,42-53-45(50)38-35-32-29-26-23-20-17-14-11-8-5-2)43-54-46(51)39-36-33-30-27-24-21-18-15-12-9-6-3/h13-18,48H,4-12,19-43H2,1-3H3/b16-13-,17-14-,18-15-. The molecule has 0 aromatic carbocycles. The van der Waals surface area contributed by atoms with Crippen LogP contribution in [0.1, 0.15) is 213 Å². The van der Waals surface area contributed by atoms with Gasteiger partial charge < -0.3 is 19.3 Å². The summed E-state index contributed by atoms with van der Waals surface area (Å²) in [5, 5.41) is 10.5. The molecule has 0 fully saturated rings. The number of esters is 3. The van der Waals surface area contributed by atoms with Crippen LogP contribution in [-0.4, -0.2) is 49.4 Å². The first-order valence-corrected chi connectivity index (χ1v) is 22.5. The molecule has 0 unspecified atom stereocenters. The summed E-state index contributed by atoms with van der Waals surface area (Å²) in [6.07, 6.45) is 44.1. The molecule has 0 heterocycles. The van der Waals surface area contributed by atoms with E-state index in [0.717, 1.165) is 135 Å². The minimum absolute atomic E-state index is 0.174. The van der Waals surface area contributed by atoms with Crippen LogP contribution in [-0.2, 0) is 28.6 Å². The van der Waals surface area contributed by atoms with Crippen LogP contribution in [0.2, 0.25) is 0 Å². The molecule has 7 nitrogen and oxygen atoms in total. The Bertz CT molecular complexity index is 837. The summed E-state index contributed by atoms with van der Waals surface area (Å²) in [5.74, 6) is -1.05. The molecule has 0 atom stereocenters. The van der Waals surface area contributed by atoms with Gasteiger partial charge >= 0.3 is 17.9 Å². The number of hydrogen-bond acceptors (Lipinski definition) is 7. The van der Waals surface area contributed by atoms with E-state index < -0.39 is 12.0 Å². The third kappa shape index (κ3) is 35.3. The predicted molar refractivity (Wildman–Crippen MR) is 225 cm³/mol. The predicted octanol–water partition coefficient (Wildman–Crippen LogP) is 13.0. The van der Waals surface area contributed by atoms with E-state index in [1.165, 1.54) is 38.5 Å². The summed E-state index contributed by atoms with van der Waals surface area (Å²) in [5.41, 5.74) is -1.19. The van der Waals surface area contributed by atoms with Crippen molar-refractivity contribution >= 4 is 17.9 Å². The molecule has 314 valence electrons. The molecule has 0 saturated carbocycles. The molecule has 0 aromatic rings. The molecule has 0 saturated heterocycles. The van der Waals surface area contributed by atoms with E-state index in [9.17, 15) is 19.5 Å². The lowest BCUT2D eigenvalue weighted by Gasteiger charge is -2.30. The van der Waals surface area contributed by atoms with Gasteiger partial charge in [0, 0.05) is 19.3 Å². The van der Waals surface area contributed by atoms with E-state index in [1.54, 1.807) is 0 Å². The van der Waals surface area contributed by atoms with Crippen molar-refractivity contribution in [1.82, 2.24) is 0 Å². The Hall–Kier alpha value is -2.41. The Morgan fingerprint density at radius 1 is 0.389 bits per heavy atom. The molecule has 0 radical (unpaired) electrons. The summed E-state index contributed by atoms with van der Waals surface area (Å²) >= 11 is 0. The Morgan fingerprint density at radius 3 is 0.889 bits per heavy atom. The fraction of sp³-hybridized carbons (Fsp3) is 0.809. The zero-order chi connectivity index (χ0) is 39.6. The second-order valence-electron chi connectivity index (χ2n) is 15.4. The molecular formula is C47H84O7. The number of carbonyl (C=O) groups is 3. The zero-order valence-electron chi connectivity index (χ0n) is 35.4. The molecule has 1 N–H and O–H groups in total. The van der Waals surface area contributed by atoms with Gasteiger partial charge in [0.05, 0.1) is 12.0 Å². The first-order chi connectivity index (χ1) is 26.4. The Morgan fingerprint density at radius 2 is 0.630 bits per heavy atom. The molecule has 0 bridgehead atoms. The van der Waals surface area contributed by atoms with Gasteiger partial charge in [-0.15, -0.1) is 0 Å². The van der Waals surface area contributed by atoms with Crippen LogP contribution < -0.4 is 0 Å². The second-order valence-corrected chi connectivity index (χ2v) is 15.4. The lowest BCUT2D eigenvalue weighted by Crippen LogP contribution is -2.42. The highest BCUT2D eigenvalue weighted by Crippen LogP contribution is 2.22. The maximum Gasteiger partial charge on any atom is 0.305 e. The SMILES string of the molecule is CCCC/C=C\CCCCCCCC(=O)OCC(CO)(COC(=O)CCCCCCC/C=C\CCCC)COC(=O)CCCCCCC/C=C\CCCC. The third-order valence-electron chi connectivity index (χ3n) is 9.88. The molecule has 0 spiro atoms. The maximum absolute atomic E-state index is 12.7. The van der Waals surface area contributed by atoms with Crippen LogP contribution >= 0.6 is 0 Å². The number of aliphatic hydroxyl groups excluding tert-OH is 1. The lowest BCUT2D eigenvalue weighted by molar-refractivity contribution is -0.165. The molecule has 0 rings (SSSR count). The number of allylic oxidation sites excluding steroid dienone is 6. The van der Waals surface area contributed by atoms with Crippen molar-refractivity contribution in [3.63, 3.8) is 0 Å². The minimum Gasteiger partial charge on any atom is -0.465 e. The van der Waals surface area contributed by atoms with E-state index in [2.05, 4.69) is 57.2 Å². The maximum atomic E-state index is 12.7. The Balaban J connectivity index is 4.68.